The molecule has 0 saturated heterocycles. The summed E-state index contributed by atoms with van der Waals surface area (Å²) in [5.41, 5.74) is 4.50. The van der Waals surface area contributed by atoms with Gasteiger partial charge in [0.25, 0.3) is 0 Å². The molecular weight excluding hydrogens is 526 g/mol. The molecule has 0 spiro atoms. The Labute approximate surface area is 111 Å². The van der Waals surface area contributed by atoms with E-state index in [1.165, 1.54) is 7.05 Å². The molecule has 0 aliphatic carbocycles. The SMILES string of the molecule is CN.[I][Pb][I].[K]. The van der Waals surface area contributed by atoms with Gasteiger partial charge in [-0.2, -0.15) is 0 Å². The van der Waals surface area contributed by atoms with Crippen LogP contribution in [0.4, 0.5) is 0 Å². The average molecular weight is 531 g/mol. The Morgan fingerprint density at radius 2 is 1.33 bits per heavy atom. The standard InChI is InChI=1S/CH5N.2HI.K.Pb/c1-2;;;;/h2H2,1H3;2*1H;;/q;;;;+2/p-2. The van der Waals surface area contributed by atoms with Crippen LogP contribution in [0.5, 0.6) is 0 Å². The van der Waals surface area contributed by atoms with Crippen molar-refractivity contribution < 1.29 is 0 Å². The molecule has 0 aromatic carbocycles. The van der Waals surface area contributed by atoms with E-state index >= 15 is 0 Å². The molecule has 0 unspecified atom stereocenters. The molecule has 0 bridgehead atoms. The summed E-state index contributed by atoms with van der Waals surface area (Å²) in [6.45, 7) is 0. The quantitative estimate of drug-likeness (QED) is 0.360. The van der Waals surface area contributed by atoms with E-state index in [0.717, 1.165) is 0 Å². The van der Waals surface area contributed by atoms with E-state index in [1.54, 1.807) is 0 Å². The predicted molar refractivity (Wildman–Crippen MR) is 49.7 cm³/mol. The van der Waals surface area contributed by atoms with Crippen LogP contribution in [0.15, 0.2) is 0 Å². The average Bonchev–Trinajstić information content (AvgIpc) is 1.46. The molecule has 6 heavy (non-hydrogen) atoms. The van der Waals surface area contributed by atoms with Crippen molar-refractivity contribution in [2.24, 2.45) is 5.73 Å². The third-order valence-electron chi connectivity index (χ3n) is 0. The van der Waals surface area contributed by atoms with E-state index < -0.39 is 0 Å². The van der Waals surface area contributed by atoms with Crippen molar-refractivity contribution in [3.05, 3.63) is 0 Å². The molecule has 0 saturated carbocycles. The van der Waals surface area contributed by atoms with Gasteiger partial charge >= 0.3 is 51.2 Å². The molecular formula is CH5I2KNPb. The monoisotopic (exact) mass is 532 g/mol. The van der Waals surface area contributed by atoms with Crippen LogP contribution in [0, 0.1) is 0 Å². The van der Waals surface area contributed by atoms with Gasteiger partial charge in [0.05, 0.1) is 0 Å². The van der Waals surface area contributed by atoms with Crippen molar-refractivity contribution in [2.45, 2.75) is 0 Å². The minimum Gasteiger partial charge on any atom is 0 e. The minimum atomic E-state index is 0. The molecule has 0 aromatic heterocycles. The number of hydrogen-bond donors (Lipinski definition) is 1. The zero-order valence-electron chi connectivity index (χ0n) is 3.83. The molecule has 0 aliphatic heterocycles. The number of rotatable bonds is 0. The fraction of sp³-hybridized carbons (Fsp3) is 1.00. The maximum atomic E-state index is 4.50. The molecule has 0 aromatic rings. The Morgan fingerprint density at radius 1 is 1.33 bits per heavy atom. The van der Waals surface area contributed by atoms with Gasteiger partial charge < -0.3 is 5.73 Å². The van der Waals surface area contributed by atoms with Crippen LogP contribution in [0.2, 0.25) is 0 Å². The first-order chi connectivity index (χ1) is 2.41. The molecule has 33 valence electrons. The minimum absolute atomic E-state index is 0. The molecule has 0 aliphatic rings. The largest absolute Gasteiger partial charge is 0 e. The van der Waals surface area contributed by atoms with Gasteiger partial charge in [0, 0.05) is 51.4 Å². The molecule has 0 heterocycles. The van der Waals surface area contributed by atoms with E-state index in [4.69, 9.17) is 0 Å². The molecule has 3 radical (unpaired) electrons. The molecule has 0 fully saturated rings. The molecule has 0 rings (SSSR count). The summed E-state index contributed by atoms with van der Waals surface area (Å²) in [5, 5.41) is 0. The topological polar surface area (TPSA) is 26.0 Å². The molecule has 0 atom stereocenters. The van der Waals surface area contributed by atoms with Gasteiger partial charge in [0.1, 0.15) is 0 Å². The Balaban J connectivity index is -0.0000000275. The molecule has 2 N–H and O–H groups in total. The van der Waals surface area contributed by atoms with Crippen LogP contribution < -0.4 is 5.73 Å². The second-order valence-corrected chi connectivity index (χ2v) is 28.2. The second-order valence-electron chi connectivity index (χ2n) is 0.0714. The molecule has 1 nitrogen and oxygen atoms in total. The summed E-state index contributed by atoms with van der Waals surface area (Å²) in [6.07, 6.45) is 0. The Morgan fingerprint density at radius 3 is 1.33 bits per heavy atom. The van der Waals surface area contributed by atoms with Crippen molar-refractivity contribution in [3.63, 3.8) is 0 Å². The van der Waals surface area contributed by atoms with Crippen molar-refractivity contribution in [1.29, 1.82) is 0 Å². The van der Waals surface area contributed by atoms with E-state index in [0.29, 0.717) is 0 Å². The van der Waals surface area contributed by atoms with Gasteiger partial charge in [-0.25, -0.2) is 0 Å². The Hall–Kier alpha value is 3.98. The fourth-order valence-electron chi connectivity index (χ4n) is 0. The number of hydrogen-bond acceptors (Lipinski definition) is 1. The van der Waals surface area contributed by atoms with Gasteiger partial charge in [0.2, 0.25) is 0 Å². The van der Waals surface area contributed by atoms with Crippen LogP contribution in [0.3, 0.4) is 0 Å². The van der Waals surface area contributed by atoms with Crippen LogP contribution in [0.25, 0.3) is 0 Å². The van der Waals surface area contributed by atoms with Gasteiger partial charge in [-0.05, 0) is 7.05 Å². The zero-order chi connectivity index (χ0) is 4.71. The van der Waals surface area contributed by atoms with Gasteiger partial charge in [-0.3, -0.25) is 0 Å². The predicted octanol–water partition coefficient (Wildman–Crippen LogP) is 0.585. The van der Waals surface area contributed by atoms with Crippen molar-refractivity contribution in [3.8, 4) is 0 Å². The third kappa shape index (κ3) is 24.5. The van der Waals surface area contributed by atoms with Crippen LogP contribution in [-0.4, -0.2) is 74.1 Å². The summed E-state index contributed by atoms with van der Waals surface area (Å²) in [5.74, 6) is 0. The number of nitrogens with two attached hydrogens (primary N) is 1. The maximum Gasteiger partial charge on any atom is 0 e. The van der Waals surface area contributed by atoms with Crippen molar-refractivity contribution in [1.82, 2.24) is 0 Å². The molecule has 5 heteroatoms. The second kappa shape index (κ2) is 23.1. The zero-order valence-corrected chi connectivity index (χ0v) is 15.2. The van der Waals surface area contributed by atoms with Gasteiger partial charge in [-0.15, -0.1) is 0 Å². The summed E-state index contributed by atoms with van der Waals surface area (Å²) >= 11 is 4.96. The van der Waals surface area contributed by atoms with E-state index in [-0.39, 0.29) is 67.0 Å². The maximum absolute atomic E-state index is 4.50. The third-order valence-corrected chi connectivity index (χ3v) is 0. The van der Waals surface area contributed by atoms with E-state index in [9.17, 15) is 0 Å². The van der Waals surface area contributed by atoms with Crippen molar-refractivity contribution in [2.75, 3.05) is 7.05 Å². The van der Waals surface area contributed by atoms with Crippen LogP contribution in [0.1, 0.15) is 0 Å². The summed E-state index contributed by atoms with van der Waals surface area (Å²) in [4.78, 5) is 0. The first-order valence-corrected chi connectivity index (χ1v) is 22.8. The van der Waals surface area contributed by atoms with E-state index in [1.807, 2.05) is 0 Å². The summed E-state index contributed by atoms with van der Waals surface area (Å²) < 4.78 is 0. The number of halogens is 2. The van der Waals surface area contributed by atoms with Crippen molar-refractivity contribution >= 4 is 103 Å². The smallest absolute Gasteiger partial charge is 0 e. The summed E-state index contributed by atoms with van der Waals surface area (Å²) in [7, 11) is 1.50. The fourth-order valence-corrected chi connectivity index (χ4v) is 0. The normalized spacial score (nSPS) is 4.00. The van der Waals surface area contributed by atoms with Crippen LogP contribution >= 0.6 is 35.5 Å². The van der Waals surface area contributed by atoms with Gasteiger partial charge in [-0.1, -0.05) is 0 Å². The molecule has 0 amide bonds. The Bertz CT molecular complexity index is 13.5. The summed E-state index contributed by atoms with van der Waals surface area (Å²) in [6, 6.07) is 0. The Kier molecular flexibility index (Phi) is 63.5. The van der Waals surface area contributed by atoms with Gasteiger partial charge in [0.15, 0.2) is 0 Å². The first kappa shape index (κ1) is 16.5. The first-order valence-electron chi connectivity index (χ1n) is 0.955. The van der Waals surface area contributed by atoms with E-state index in [2.05, 4.69) is 41.3 Å². The van der Waals surface area contributed by atoms with Crippen LogP contribution in [-0.2, 0) is 0 Å².